The number of ketones is 1. The van der Waals surface area contributed by atoms with Crippen molar-refractivity contribution in [3.8, 4) is 6.07 Å². The Hall–Kier alpha value is -3.17. The quantitative estimate of drug-likeness (QED) is 0.529. The zero-order valence-electron chi connectivity index (χ0n) is 14.9. The van der Waals surface area contributed by atoms with E-state index in [2.05, 4.69) is 16.4 Å². The molecule has 0 radical (unpaired) electrons. The number of carbonyl (C=O) groups is 2. The van der Waals surface area contributed by atoms with E-state index in [0.29, 0.717) is 21.8 Å². The van der Waals surface area contributed by atoms with Crippen molar-refractivity contribution in [3.63, 3.8) is 0 Å². The van der Waals surface area contributed by atoms with Crippen LogP contribution in [0.1, 0.15) is 28.4 Å². The Bertz CT molecular complexity index is 1070. The summed E-state index contributed by atoms with van der Waals surface area (Å²) >= 11 is 1.23. The molecule has 5 nitrogen and oxygen atoms in total. The molecule has 134 valence electrons. The van der Waals surface area contributed by atoms with Gasteiger partial charge in [-0.05, 0) is 55.8 Å². The third-order valence-electron chi connectivity index (χ3n) is 3.97. The Morgan fingerprint density at radius 2 is 1.89 bits per heavy atom. The minimum atomic E-state index is -0.203. The maximum Gasteiger partial charge on any atom is 0.234 e. The summed E-state index contributed by atoms with van der Waals surface area (Å²) in [7, 11) is 0. The van der Waals surface area contributed by atoms with E-state index in [1.54, 1.807) is 30.3 Å². The van der Waals surface area contributed by atoms with E-state index in [0.717, 1.165) is 16.5 Å². The van der Waals surface area contributed by atoms with Gasteiger partial charge in [-0.3, -0.25) is 9.59 Å². The molecule has 1 N–H and O–H groups in total. The number of aryl methyl sites for hydroxylation is 1. The first-order valence-corrected chi connectivity index (χ1v) is 9.30. The number of rotatable bonds is 5. The van der Waals surface area contributed by atoms with Crippen LogP contribution in [-0.4, -0.2) is 22.4 Å². The number of hydrogen-bond acceptors (Lipinski definition) is 5. The second-order valence-corrected chi connectivity index (χ2v) is 7.08. The molecule has 0 saturated carbocycles. The molecule has 0 unspecified atom stereocenters. The van der Waals surface area contributed by atoms with E-state index >= 15 is 0 Å². The number of Topliss-reactive ketones (excluding diaryl/α,β-unsaturated/α-hetero) is 1. The van der Waals surface area contributed by atoms with Crippen LogP contribution in [0, 0.1) is 18.3 Å². The third-order valence-corrected chi connectivity index (χ3v) is 4.96. The van der Waals surface area contributed by atoms with Crippen LogP contribution in [0.3, 0.4) is 0 Å². The maximum atomic E-state index is 12.2. The van der Waals surface area contributed by atoms with E-state index in [9.17, 15) is 14.9 Å². The van der Waals surface area contributed by atoms with Crippen LogP contribution in [-0.2, 0) is 4.79 Å². The van der Waals surface area contributed by atoms with Crippen molar-refractivity contribution in [3.05, 3.63) is 65.2 Å². The number of amides is 1. The predicted octanol–water partition coefficient (Wildman–Crippen LogP) is 4.35. The molecule has 27 heavy (non-hydrogen) atoms. The molecule has 0 spiro atoms. The number of pyridine rings is 1. The second-order valence-electron chi connectivity index (χ2n) is 6.12. The molecule has 1 amide bonds. The fourth-order valence-corrected chi connectivity index (χ4v) is 3.33. The van der Waals surface area contributed by atoms with Crippen molar-refractivity contribution in [2.45, 2.75) is 18.9 Å². The molecule has 0 atom stereocenters. The first kappa shape index (κ1) is 18.6. The summed E-state index contributed by atoms with van der Waals surface area (Å²) in [5, 5.41) is 13.6. The first-order valence-electron chi connectivity index (χ1n) is 8.31. The van der Waals surface area contributed by atoms with Gasteiger partial charge in [-0.25, -0.2) is 4.98 Å². The second kappa shape index (κ2) is 8.02. The SMILES string of the molecule is CC(=O)c1ccc(NC(=O)CSc2nc3cc(C)ccc3cc2C#N)cc1. The van der Waals surface area contributed by atoms with Crippen molar-refractivity contribution in [2.24, 2.45) is 0 Å². The lowest BCUT2D eigenvalue weighted by Crippen LogP contribution is -2.14. The highest BCUT2D eigenvalue weighted by Gasteiger charge is 2.11. The Morgan fingerprint density at radius 1 is 1.15 bits per heavy atom. The molecule has 0 fully saturated rings. The van der Waals surface area contributed by atoms with Gasteiger partial charge in [0.15, 0.2) is 5.78 Å². The van der Waals surface area contributed by atoms with Gasteiger partial charge in [-0.2, -0.15) is 5.26 Å². The third kappa shape index (κ3) is 4.52. The van der Waals surface area contributed by atoms with Crippen LogP contribution in [0.5, 0.6) is 0 Å². The molecule has 0 aliphatic heterocycles. The van der Waals surface area contributed by atoms with Gasteiger partial charge < -0.3 is 5.32 Å². The predicted molar refractivity (Wildman–Crippen MR) is 107 cm³/mol. The highest BCUT2D eigenvalue weighted by molar-refractivity contribution is 8.00. The lowest BCUT2D eigenvalue weighted by atomic mass is 10.1. The number of hydrogen-bond donors (Lipinski definition) is 1. The zero-order chi connectivity index (χ0) is 19.4. The van der Waals surface area contributed by atoms with Crippen molar-refractivity contribution < 1.29 is 9.59 Å². The number of carbonyl (C=O) groups excluding carboxylic acids is 2. The van der Waals surface area contributed by atoms with Crippen molar-refractivity contribution in [2.75, 3.05) is 11.1 Å². The fraction of sp³-hybridized carbons (Fsp3) is 0.143. The van der Waals surface area contributed by atoms with Crippen molar-refractivity contribution in [1.29, 1.82) is 5.26 Å². The van der Waals surface area contributed by atoms with E-state index in [-0.39, 0.29) is 17.4 Å². The minimum Gasteiger partial charge on any atom is -0.325 e. The minimum absolute atomic E-state index is 0.0231. The zero-order valence-corrected chi connectivity index (χ0v) is 15.8. The summed E-state index contributed by atoms with van der Waals surface area (Å²) < 4.78 is 0. The fourth-order valence-electron chi connectivity index (χ4n) is 2.57. The van der Waals surface area contributed by atoms with Crippen LogP contribution < -0.4 is 5.32 Å². The Labute approximate surface area is 161 Å². The number of nitrogens with one attached hydrogen (secondary N) is 1. The molecule has 2 aromatic carbocycles. The lowest BCUT2D eigenvalue weighted by Gasteiger charge is -2.08. The molecule has 1 aromatic heterocycles. The summed E-state index contributed by atoms with van der Waals surface area (Å²) in [6, 6.07) is 16.5. The number of aromatic nitrogens is 1. The topological polar surface area (TPSA) is 82.8 Å². The maximum absolute atomic E-state index is 12.2. The average Bonchev–Trinajstić information content (AvgIpc) is 2.66. The summed E-state index contributed by atoms with van der Waals surface area (Å²) in [5.41, 5.74) is 3.55. The number of nitrogens with zero attached hydrogens (tertiary/aromatic N) is 2. The highest BCUT2D eigenvalue weighted by Crippen LogP contribution is 2.25. The molecule has 6 heteroatoms. The molecule has 3 rings (SSSR count). The van der Waals surface area contributed by atoms with Crippen molar-refractivity contribution >= 4 is 40.0 Å². The number of fused-ring (bicyclic) bond motifs is 1. The van der Waals surface area contributed by atoms with Gasteiger partial charge in [0.2, 0.25) is 5.91 Å². The Morgan fingerprint density at radius 3 is 2.56 bits per heavy atom. The van der Waals surface area contributed by atoms with Crippen LogP contribution in [0.2, 0.25) is 0 Å². The van der Waals surface area contributed by atoms with E-state index < -0.39 is 0 Å². The molecule has 3 aromatic rings. The highest BCUT2D eigenvalue weighted by atomic mass is 32.2. The molecule has 0 aliphatic carbocycles. The largest absolute Gasteiger partial charge is 0.325 e. The van der Waals surface area contributed by atoms with Crippen LogP contribution >= 0.6 is 11.8 Å². The number of nitriles is 1. The standard InChI is InChI=1S/C21H17N3O2S/c1-13-3-4-16-10-17(11-22)21(24-19(16)9-13)27-12-20(26)23-18-7-5-15(6-8-18)14(2)25/h3-10H,12H2,1-2H3,(H,23,26). The van der Waals surface area contributed by atoms with Crippen LogP contribution in [0.15, 0.2) is 53.6 Å². The summed E-state index contributed by atoms with van der Waals surface area (Å²) in [4.78, 5) is 28.0. The van der Waals surface area contributed by atoms with Gasteiger partial charge in [0, 0.05) is 16.6 Å². The van der Waals surface area contributed by atoms with E-state index in [4.69, 9.17) is 0 Å². The Kier molecular flexibility index (Phi) is 5.53. The van der Waals surface area contributed by atoms with Gasteiger partial charge >= 0.3 is 0 Å². The first-order chi connectivity index (χ1) is 13.0. The number of benzene rings is 2. The monoisotopic (exact) mass is 375 g/mol. The van der Waals surface area contributed by atoms with Gasteiger partial charge in [0.1, 0.15) is 11.1 Å². The molecular formula is C21H17N3O2S. The van der Waals surface area contributed by atoms with Gasteiger partial charge in [0.25, 0.3) is 0 Å². The van der Waals surface area contributed by atoms with Crippen molar-refractivity contribution in [1.82, 2.24) is 4.98 Å². The Balaban J connectivity index is 1.71. The van der Waals surface area contributed by atoms with Gasteiger partial charge in [-0.15, -0.1) is 0 Å². The average molecular weight is 375 g/mol. The number of thioether (sulfide) groups is 1. The summed E-state index contributed by atoms with van der Waals surface area (Å²) in [6.45, 7) is 3.48. The molecule has 0 saturated heterocycles. The van der Waals surface area contributed by atoms with Crippen LogP contribution in [0.4, 0.5) is 5.69 Å². The van der Waals surface area contributed by atoms with Gasteiger partial charge in [-0.1, -0.05) is 23.9 Å². The van der Waals surface area contributed by atoms with Gasteiger partial charge in [0.05, 0.1) is 16.8 Å². The van der Waals surface area contributed by atoms with Crippen LogP contribution in [0.25, 0.3) is 10.9 Å². The molecule has 0 bridgehead atoms. The molecular weight excluding hydrogens is 358 g/mol. The smallest absolute Gasteiger partial charge is 0.234 e. The summed E-state index contributed by atoms with van der Waals surface area (Å²) in [5.74, 6) is -0.0938. The van der Waals surface area contributed by atoms with E-state index in [1.165, 1.54) is 18.7 Å². The van der Waals surface area contributed by atoms with E-state index in [1.807, 2.05) is 25.1 Å². The number of anilines is 1. The summed E-state index contributed by atoms with van der Waals surface area (Å²) in [6.07, 6.45) is 0. The normalized spacial score (nSPS) is 10.4. The molecule has 1 heterocycles. The lowest BCUT2D eigenvalue weighted by molar-refractivity contribution is -0.113. The molecule has 0 aliphatic rings.